The fourth-order valence-electron chi connectivity index (χ4n) is 2.43. The molecule has 1 rings (SSSR count). The molecule has 1 nitrogen and oxygen atoms in total. The van der Waals surface area contributed by atoms with Gasteiger partial charge in [-0.3, -0.25) is 0 Å². The Morgan fingerprint density at radius 2 is 1.41 bits per heavy atom. The molecule has 0 aromatic heterocycles. The summed E-state index contributed by atoms with van der Waals surface area (Å²) in [6.45, 7) is 8.37. The number of hydrogen-bond donors (Lipinski definition) is 1. The van der Waals surface area contributed by atoms with Crippen molar-refractivity contribution in [1.82, 2.24) is 0 Å². The first-order chi connectivity index (χ1) is 7.83. The third-order valence-electron chi connectivity index (χ3n) is 2.87. The molecule has 0 radical (unpaired) electrons. The van der Waals surface area contributed by atoms with E-state index < -0.39 is 5.60 Å². The zero-order valence-corrected chi connectivity index (χ0v) is 11.2. The fourth-order valence-corrected chi connectivity index (χ4v) is 2.43. The zero-order valence-electron chi connectivity index (χ0n) is 11.2. The second kappa shape index (κ2) is 5.63. The maximum absolute atomic E-state index is 12.9. The largest absolute Gasteiger partial charge is 0.385 e. The molecule has 0 fully saturated rings. The van der Waals surface area contributed by atoms with Gasteiger partial charge in [-0.05, 0) is 42.4 Å². The molecule has 0 aliphatic heterocycles. The average Bonchev–Trinajstić information content (AvgIpc) is 2.15. The molecule has 0 amide bonds. The van der Waals surface area contributed by atoms with E-state index in [2.05, 4.69) is 27.7 Å². The second-order valence-corrected chi connectivity index (χ2v) is 5.73. The first-order valence-corrected chi connectivity index (χ1v) is 6.32. The number of halogens is 1. The van der Waals surface area contributed by atoms with E-state index >= 15 is 0 Å². The number of aliphatic hydroxyl groups is 1. The van der Waals surface area contributed by atoms with Gasteiger partial charge in [-0.2, -0.15) is 0 Å². The van der Waals surface area contributed by atoms with Gasteiger partial charge in [0.25, 0.3) is 0 Å². The highest BCUT2D eigenvalue weighted by Gasteiger charge is 2.30. The summed E-state index contributed by atoms with van der Waals surface area (Å²) in [5.74, 6) is 0.554. The van der Waals surface area contributed by atoms with Gasteiger partial charge in [-0.1, -0.05) is 39.8 Å². The van der Waals surface area contributed by atoms with Crippen LogP contribution in [0.25, 0.3) is 0 Å². The molecule has 96 valence electrons. The van der Waals surface area contributed by atoms with Gasteiger partial charge in [0.2, 0.25) is 0 Å². The summed E-state index contributed by atoms with van der Waals surface area (Å²) in [6, 6.07) is 6.22. The first-order valence-electron chi connectivity index (χ1n) is 6.32. The molecule has 0 unspecified atom stereocenters. The van der Waals surface area contributed by atoms with Crippen LogP contribution in [-0.4, -0.2) is 5.11 Å². The predicted molar refractivity (Wildman–Crippen MR) is 69.2 cm³/mol. The van der Waals surface area contributed by atoms with Gasteiger partial charge < -0.3 is 5.11 Å². The molecule has 0 saturated heterocycles. The Balaban J connectivity index is 3.00. The lowest BCUT2D eigenvalue weighted by molar-refractivity contribution is -0.00454. The van der Waals surface area contributed by atoms with Crippen LogP contribution in [0, 0.1) is 17.7 Å². The van der Waals surface area contributed by atoms with Crippen LogP contribution in [0.1, 0.15) is 46.1 Å². The summed E-state index contributed by atoms with van der Waals surface area (Å²) in [5.41, 5.74) is -0.0166. The lowest BCUT2D eigenvalue weighted by Crippen LogP contribution is -2.29. The van der Waals surface area contributed by atoms with Crippen LogP contribution in [0.5, 0.6) is 0 Å². The molecule has 1 aromatic carbocycles. The van der Waals surface area contributed by atoms with Gasteiger partial charge in [0.15, 0.2) is 0 Å². The third-order valence-corrected chi connectivity index (χ3v) is 2.87. The van der Waals surface area contributed by atoms with Crippen LogP contribution in [0.2, 0.25) is 0 Å². The van der Waals surface area contributed by atoms with Crippen LogP contribution >= 0.6 is 0 Å². The highest BCUT2D eigenvalue weighted by atomic mass is 19.1. The van der Waals surface area contributed by atoms with Crippen molar-refractivity contribution < 1.29 is 9.50 Å². The van der Waals surface area contributed by atoms with Crippen molar-refractivity contribution in [3.05, 3.63) is 35.6 Å². The van der Waals surface area contributed by atoms with E-state index in [1.807, 2.05) is 0 Å². The van der Waals surface area contributed by atoms with Crippen molar-refractivity contribution in [2.45, 2.75) is 46.1 Å². The summed E-state index contributed by atoms with van der Waals surface area (Å²) >= 11 is 0. The van der Waals surface area contributed by atoms with Crippen LogP contribution in [0.3, 0.4) is 0 Å². The molecule has 0 bridgehead atoms. The zero-order chi connectivity index (χ0) is 13.1. The Morgan fingerprint density at radius 3 is 1.76 bits per heavy atom. The monoisotopic (exact) mass is 238 g/mol. The molecule has 2 heteroatoms. The van der Waals surface area contributed by atoms with E-state index in [0.717, 1.165) is 5.56 Å². The molecule has 1 aromatic rings. The summed E-state index contributed by atoms with van der Waals surface area (Å²) in [6.07, 6.45) is 1.41. The van der Waals surface area contributed by atoms with Crippen LogP contribution < -0.4 is 0 Å². The minimum Gasteiger partial charge on any atom is -0.385 e. The number of hydrogen-bond acceptors (Lipinski definition) is 1. The molecular formula is C15H23FO. The van der Waals surface area contributed by atoms with E-state index in [1.54, 1.807) is 12.1 Å². The van der Waals surface area contributed by atoms with Crippen molar-refractivity contribution in [2.24, 2.45) is 11.8 Å². The molecule has 0 spiro atoms. The van der Waals surface area contributed by atoms with E-state index in [9.17, 15) is 9.50 Å². The van der Waals surface area contributed by atoms with Gasteiger partial charge in [0.05, 0.1) is 5.60 Å². The second-order valence-electron chi connectivity index (χ2n) is 5.73. The van der Waals surface area contributed by atoms with Crippen molar-refractivity contribution in [3.8, 4) is 0 Å². The molecule has 0 aliphatic rings. The Hall–Kier alpha value is -0.890. The Labute approximate surface area is 104 Å². The Kier molecular flexibility index (Phi) is 4.70. The maximum atomic E-state index is 12.9. The standard InChI is InChI=1S/C15H23FO/c1-11(2)9-15(17,10-12(3)4)13-5-7-14(16)8-6-13/h5-8,11-12,17H,9-10H2,1-4H3. The van der Waals surface area contributed by atoms with Crippen molar-refractivity contribution in [2.75, 3.05) is 0 Å². The third kappa shape index (κ3) is 4.12. The van der Waals surface area contributed by atoms with Gasteiger partial charge in [-0.15, -0.1) is 0 Å². The van der Waals surface area contributed by atoms with E-state index in [4.69, 9.17) is 0 Å². The molecule has 0 heterocycles. The number of benzene rings is 1. The summed E-state index contributed by atoms with van der Waals surface area (Å²) in [5, 5.41) is 10.8. The molecule has 1 N–H and O–H groups in total. The van der Waals surface area contributed by atoms with Crippen molar-refractivity contribution in [3.63, 3.8) is 0 Å². The van der Waals surface area contributed by atoms with Crippen molar-refractivity contribution in [1.29, 1.82) is 0 Å². The lowest BCUT2D eigenvalue weighted by Gasteiger charge is -2.32. The van der Waals surface area contributed by atoms with Gasteiger partial charge >= 0.3 is 0 Å². The molecule has 17 heavy (non-hydrogen) atoms. The van der Waals surface area contributed by atoms with Gasteiger partial charge in [0, 0.05) is 0 Å². The fraction of sp³-hybridized carbons (Fsp3) is 0.600. The van der Waals surface area contributed by atoms with E-state index in [1.165, 1.54) is 12.1 Å². The van der Waals surface area contributed by atoms with Gasteiger partial charge in [0.1, 0.15) is 5.82 Å². The minimum atomic E-state index is -0.837. The van der Waals surface area contributed by atoms with Crippen LogP contribution in [-0.2, 0) is 5.60 Å². The quantitative estimate of drug-likeness (QED) is 0.818. The SMILES string of the molecule is CC(C)CC(O)(CC(C)C)c1ccc(F)cc1. The summed E-state index contributed by atoms with van der Waals surface area (Å²) < 4.78 is 12.9. The Bertz CT molecular complexity index is 330. The highest BCUT2D eigenvalue weighted by Crippen LogP contribution is 2.34. The molecular weight excluding hydrogens is 215 g/mol. The summed E-state index contributed by atoms with van der Waals surface area (Å²) in [7, 11) is 0. The van der Waals surface area contributed by atoms with E-state index in [-0.39, 0.29) is 5.82 Å². The Morgan fingerprint density at radius 1 is 1.00 bits per heavy atom. The smallest absolute Gasteiger partial charge is 0.123 e. The van der Waals surface area contributed by atoms with Crippen LogP contribution in [0.4, 0.5) is 4.39 Å². The van der Waals surface area contributed by atoms with Crippen molar-refractivity contribution >= 4 is 0 Å². The minimum absolute atomic E-state index is 0.259. The highest BCUT2D eigenvalue weighted by molar-refractivity contribution is 5.23. The predicted octanol–water partition coefficient (Wildman–Crippen LogP) is 4.11. The first kappa shape index (κ1) is 14.2. The summed E-state index contributed by atoms with van der Waals surface area (Å²) in [4.78, 5) is 0. The normalized spacial score (nSPS) is 12.5. The molecule has 0 atom stereocenters. The van der Waals surface area contributed by atoms with E-state index in [0.29, 0.717) is 24.7 Å². The topological polar surface area (TPSA) is 20.2 Å². The maximum Gasteiger partial charge on any atom is 0.123 e. The lowest BCUT2D eigenvalue weighted by atomic mass is 9.80. The molecule has 0 aliphatic carbocycles. The van der Waals surface area contributed by atoms with Crippen LogP contribution in [0.15, 0.2) is 24.3 Å². The number of rotatable bonds is 5. The molecule has 0 saturated carbocycles. The average molecular weight is 238 g/mol. The van der Waals surface area contributed by atoms with Gasteiger partial charge in [-0.25, -0.2) is 4.39 Å².